The molecule has 2 saturated carbocycles. The molecule has 0 saturated heterocycles. The Labute approximate surface area is 343 Å². The van der Waals surface area contributed by atoms with Crippen LogP contribution in [0, 0.1) is 11.8 Å². The number of hydrogen-bond acceptors (Lipinski definition) is 11. The zero-order chi connectivity index (χ0) is 41.9. The summed E-state index contributed by atoms with van der Waals surface area (Å²) in [5, 5.41) is 0. The molecule has 2 aliphatic carbocycles. The van der Waals surface area contributed by atoms with Crippen molar-refractivity contribution in [3.8, 4) is 28.7 Å². The quantitative estimate of drug-likeness (QED) is 0.0973. The van der Waals surface area contributed by atoms with Gasteiger partial charge in [-0.3, -0.25) is 9.59 Å². The molecule has 4 aromatic rings. The predicted octanol–water partition coefficient (Wildman–Crippen LogP) is 8.63. The number of rotatable bonds is 14. The Kier molecular flexibility index (Phi) is 15.5. The predicted molar refractivity (Wildman–Crippen MR) is 228 cm³/mol. The summed E-state index contributed by atoms with van der Waals surface area (Å²) in [5.41, 5.74) is 11.2. The van der Waals surface area contributed by atoms with E-state index in [0.29, 0.717) is 45.6 Å². The lowest BCUT2D eigenvalue weighted by Crippen LogP contribution is -2.32. The van der Waals surface area contributed by atoms with Crippen LogP contribution in [0.15, 0.2) is 78.9 Å². The largest absolute Gasteiger partial charge is 0.497 e. The van der Waals surface area contributed by atoms with Gasteiger partial charge in [-0.15, -0.1) is 0 Å². The van der Waals surface area contributed by atoms with E-state index in [9.17, 15) is 9.59 Å². The number of methoxy groups -OCH3 is 7. The van der Waals surface area contributed by atoms with Crippen LogP contribution in [0.2, 0.25) is 0 Å². The molecule has 2 fully saturated rings. The Morgan fingerprint density at radius 2 is 0.966 bits per heavy atom. The van der Waals surface area contributed by atoms with Crippen LogP contribution in [-0.4, -0.2) is 87.6 Å². The van der Waals surface area contributed by atoms with Crippen LogP contribution in [0.5, 0.6) is 28.7 Å². The molecule has 11 heteroatoms. The summed E-state index contributed by atoms with van der Waals surface area (Å²) in [6.45, 7) is 0. The maximum atomic E-state index is 13.6. The van der Waals surface area contributed by atoms with Crippen molar-refractivity contribution in [2.24, 2.45) is 11.8 Å². The van der Waals surface area contributed by atoms with Crippen molar-refractivity contribution in [1.82, 2.24) is 0 Å². The van der Waals surface area contributed by atoms with E-state index in [-0.39, 0.29) is 47.4 Å². The molecule has 2 N–H and O–H groups in total. The van der Waals surface area contributed by atoms with Gasteiger partial charge in [0.15, 0.2) is 11.6 Å². The average molecular weight is 797 g/mol. The van der Waals surface area contributed by atoms with Gasteiger partial charge in [-0.05, 0) is 122 Å². The third-order valence-electron chi connectivity index (χ3n) is 11.8. The molecule has 6 rings (SSSR count). The van der Waals surface area contributed by atoms with E-state index in [0.717, 1.165) is 49.8 Å². The lowest BCUT2D eigenvalue weighted by Gasteiger charge is -2.35. The third kappa shape index (κ3) is 10.1. The number of Topliss-reactive ketones (excluding diaryl/α,β-unsaturated/α-hetero) is 2. The van der Waals surface area contributed by atoms with Gasteiger partial charge in [0.05, 0.1) is 64.6 Å². The number of nitrogens with zero attached hydrogens (tertiary/aromatic N) is 1. The highest BCUT2D eigenvalue weighted by Crippen LogP contribution is 2.44. The smallest absolute Gasteiger partial charge is 0.170 e. The van der Waals surface area contributed by atoms with Gasteiger partial charge in [-0.25, -0.2) is 0 Å². The van der Waals surface area contributed by atoms with Crippen molar-refractivity contribution in [1.29, 1.82) is 0 Å². The number of nitrogen functional groups attached to an aromatic ring is 1. The van der Waals surface area contributed by atoms with Gasteiger partial charge in [-0.1, -0.05) is 18.2 Å². The molecule has 0 heterocycles. The van der Waals surface area contributed by atoms with Crippen LogP contribution in [0.25, 0.3) is 0 Å². The fourth-order valence-electron chi connectivity index (χ4n) is 8.47. The summed E-state index contributed by atoms with van der Waals surface area (Å²) >= 11 is 0. The Balaban J connectivity index is 0.000000221. The summed E-state index contributed by atoms with van der Waals surface area (Å²) in [6, 6.07) is 25.0. The summed E-state index contributed by atoms with van der Waals surface area (Å²) < 4.78 is 38.1. The van der Waals surface area contributed by atoms with Crippen molar-refractivity contribution in [2.45, 2.75) is 62.6 Å². The first-order valence-electron chi connectivity index (χ1n) is 19.8. The summed E-state index contributed by atoms with van der Waals surface area (Å²) in [5.74, 6) is 3.00. The van der Waals surface area contributed by atoms with Crippen LogP contribution >= 0.6 is 0 Å². The highest BCUT2D eigenvalue weighted by atomic mass is 16.5. The van der Waals surface area contributed by atoms with E-state index < -0.39 is 0 Å². The highest BCUT2D eigenvalue weighted by molar-refractivity contribution is 6.02. The van der Waals surface area contributed by atoms with Gasteiger partial charge in [-0.2, -0.15) is 0 Å². The molecule has 6 atom stereocenters. The number of carbonyl (C=O) groups excluding carboxylic acids is 2. The normalized spacial score (nSPS) is 21.5. The fraction of sp³-hybridized carbons (Fsp3) is 0.447. The van der Waals surface area contributed by atoms with Crippen molar-refractivity contribution >= 4 is 22.9 Å². The topological polar surface area (TPSA) is 128 Å². The minimum Gasteiger partial charge on any atom is -0.497 e. The molecule has 0 radical (unpaired) electrons. The van der Waals surface area contributed by atoms with E-state index in [2.05, 4.69) is 29.2 Å². The second-order valence-corrected chi connectivity index (χ2v) is 15.1. The highest BCUT2D eigenvalue weighted by Gasteiger charge is 2.39. The van der Waals surface area contributed by atoms with E-state index in [1.807, 2.05) is 38.4 Å². The zero-order valence-corrected chi connectivity index (χ0v) is 35.4. The van der Waals surface area contributed by atoms with Gasteiger partial charge < -0.3 is 43.8 Å². The monoisotopic (exact) mass is 796 g/mol. The Bertz CT molecular complexity index is 1980. The Hall–Kier alpha value is -5.26. The standard InChI is InChI=1S/C24H31NO4.C23H29NO5/c1-25(2)17-8-6-16(7-9-17)21-14-18(27-3)10-12-20(21)24(26)22-15-19(28-4)11-13-23(22)29-5;1-26-15-6-8-17(18(12-15)14-5-9-22(29-4)20(24)11-14)23(25)19-13-16(27-2)7-10-21(19)28-3/h6-9,11,13,15,18,20-21H,10,12,14H2,1-5H3;5,7,9-11,13,15,17-18H,6,8,12,24H2,1-4H3. The van der Waals surface area contributed by atoms with Gasteiger partial charge in [0.2, 0.25) is 0 Å². The van der Waals surface area contributed by atoms with Crippen molar-refractivity contribution in [2.75, 3.05) is 74.5 Å². The number of carbonyl (C=O) groups is 2. The molecule has 312 valence electrons. The molecule has 4 aromatic carbocycles. The van der Waals surface area contributed by atoms with Crippen molar-refractivity contribution in [3.63, 3.8) is 0 Å². The number of ketones is 2. The second kappa shape index (κ2) is 20.4. The second-order valence-electron chi connectivity index (χ2n) is 15.1. The lowest BCUT2D eigenvalue weighted by atomic mass is 9.71. The molecule has 0 amide bonds. The van der Waals surface area contributed by atoms with Gasteiger partial charge in [0, 0.05) is 45.8 Å². The van der Waals surface area contributed by atoms with Gasteiger partial charge in [0.25, 0.3) is 0 Å². The van der Waals surface area contributed by atoms with Crippen LogP contribution in [-0.2, 0) is 9.47 Å². The molecule has 2 aliphatic rings. The van der Waals surface area contributed by atoms with Crippen LogP contribution < -0.4 is 34.3 Å². The van der Waals surface area contributed by atoms with Crippen LogP contribution in [0.4, 0.5) is 11.4 Å². The molecule has 0 bridgehead atoms. The molecule has 58 heavy (non-hydrogen) atoms. The molecule has 6 unspecified atom stereocenters. The number of nitrogens with two attached hydrogens (primary N) is 1. The van der Waals surface area contributed by atoms with Crippen molar-refractivity contribution < 1.29 is 42.7 Å². The Morgan fingerprint density at radius 3 is 1.36 bits per heavy atom. The molecular formula is C47H60N2O9. The molecule has 0 aromatic heterocycles. The molecule has 0 aliphatic heterocycles. The SMILES string of the molecule is COc1ccc(OC)c(C(=O)C2CCC(OC)CC2c2ccc(N(C)C)cc2)c1.COc1ccc(OC)c(C(=O)C2CCC(OC)CC2c2ccc(OC)c(N)c2)c1. The number of hydrogen-bond donors (Lipinski definition) is 1. The number of ether oxygens (including phenoxy) is 7. The first kappa shape index (κ1) is 43.9. The van der Waals surface area contributed by atoms with Gasteiger partial charge in [0.1, 0.15) is 28.7 Å². The summed E-state index contributed by atoms with van der Waals surface area (Å²) in [6.07, 6.45) is 5.11. The van der Waals surface area contributed by atoms with Crippen LogP contribution in [0.3, 0.4) is 0 Å². The lowest BCUT2D eigenvalue weighted by molar-refractivity contribution is 0.0425. The molecular weight excluding hydrogens is 737 g/mol. The van der Waals surface area contributed by atoms with E-state index in [1.165, 1.54) is 5.56 Å². The fourth-order valence-corrected chi connectivity index (χ4v) is 8.47. The van der Waals surface area contributed by atoms with Crippen LogP contribution in [0.1, 0.15) is 82.2 Å². The zero-order valence-electron chi connectivity index (χ0n) is 35.4. The third-order valence-corrected chi connectivity index (χ3v) is 11.8. The summed E-state index contributed by atoms with van der Waals surface area (Å²) in [7, 11) is 15.5. The maximum Gasteiger partial charge on any atom is 0.170 e. The Morgan fingerprint density at radius 1 is 0.534 bits per heavy atom. The first-order valence-corrected chi connectivity index (χ1v) is 19.8. The minimum atomic E-state index is -0.199. The van der Waals surface area contributed by atoms with E-state index in [1.54, 1.807) is 80.1 Å². The van der Waals surface area contributed by atoms with E-state index in [4.69, 9.17) is 38.9 Å². The first-order chi connectivity index (χ1) is 28.0. The average Bonchev–Trinajstić information content (AvgIpc) is 3.27. The molecule has 11 nitrogen and oxygen atoms in total. The van der Waals surface area contributed by atoms with Gasteiger partial charge >= 0.3 is 0 Å². The number of benzene rings is 4. The van der Waals surface area contributed by atoms with Crippen molar-refractivity contribution in [3.05, 3.63) is 101 Å². The number of anilines is 2. The summed E-state index contributed by atoms with van der Waals surface area (Å²) in [4.78, 5) is 29.3. The maximum absolute atomic E-state index is 13.6. The molecule has 0 spiro atoms. The van der Waals surface area contributed by atoms with E-state index >= 15 is 0 Å². The minimum absolute atomic E-state index is 0.00897.